The summed E-state index contributed by atoms with van der Waals surface area (Å²) in [6.45, 7) is 8.47. The molecule has 5 heteroatoms. The van der Waals surface area contributed by atoms with Crippen LogP contribution in [0.25, 0.3) is 0 Å². The number of hydrogen-bond acceptors (Lipinski definition) is 5. The highest BCUT2D eigenvalue weighted by Crippen LogP contribution is 2.31. The van der Waals surface area contributed by atoms with Crippen molar-refractivity contribution in [1.29, 1.82) is 0 Å². The maximum absolute atomic E-state index is 4.52. The zero-order valence-electron chi connectivity index (χ0n) is 12.2. The van der Waals surface area contributed by atoms with Gasteiger partial charge in [-0.25, -0.2) is 4.98 Å². The van der Waals surface area contributed by atoms with Crippen LogP contribution in [0.4, 0.5) is 0 Å². The average molecular weight is 307 g/mol. The SMILES string of the molecule is CCc1nsc(Sc2ccccc2CNCC(C)C)n1. The van der Waals surface area contributed by atoms with E-state index < -0.39 is 0 Å². The molecule has 0 atom stereocenters. The molecule has 0 aliphatic rings. The van der Waals surface area contributed by atoms with Gasteiger partial charge in [0, 0.05) is 17.9 Å². The van der Waals surface area contributed by atoms with Crippen molar-refractivity contribution in [3.05, 3.63) is 35.7 Å². The second-order valence-electron chi connectivity index (χ2n) is 5.06. The average Bonchev–Trinajstić information content (AvgIpc) is 2.88. The molecule has 0 amide bonds. The first kappa shape index (κ1) is 15.5. The first-order valence-electron chi connectivity index (χ1n) is 6.98. The van der Waals surface area contributed by atoms with E-state index >= 15 is 0 Å². The van der Waals surface area contributed by atoms with Crippen molar-refractivity contribution in [3.63, 3.8) is 0 Å². The third-order valence-corrected chi connectivity index (χ3v) is 4.71. The molecule has 2 rings (SSSR count). The van der Waals surface area contributed by atoms with Crippen molar-refractivity contribution in [3.8, 4) is 0 Å². The summed E-state index contributed by atoms with van der Waals surface area (Å²) < 4.78 is 5.37. The lowest BCUT2D eigenvalue weighted by molar-refractivity contribution is 0.550. The lowest BCUT2D eigenvalue weighted by Crippen LogP contribution is -2.19. The zero-order valence-corrected chi connectivity index (χ0v) is 13.9. The fourth-order valence-corrected chi connectivity index (χ4v) is 3.55. The number of benzene rings is 1. The maximum atomic E-state index is 4.52. The van der Waals surface area contributed by atoms with Gasteiger partial charge in [-0.1, -0.05) is 50.7 Å². The molecule has 0 saturated heterocycles. The third-order valence-electron chi connectivity index (χ3n) is 2.80. The highest BCUT2D eigenvalue weighted by atomic mass is 32.2. The number of nitrogens with one attached hydrogen (secondary N) is 1. The molecule has 0 fully saturated rings. The van der Waals surface area contributed by atoms with E-state index in [4.69, 9.17) is 0 Å². The van der Waals surface area contributed by atoms with Gasteiger partial charge in [0.15, 0.2) is 4.34 Å². The smallest absolute Gasteiger partial charge is 0.174 e. The molecule has 108 valence electrons. The van der Waals surface area contributed by atoms with Gasteiger partial charge >= 0.3 is 0 Å². The van der Waals surface area contributed by atoms with Crippen molar-refractivity contribution < 1.29 is 0 Å². The van der Waals surface area contributed by atoms with Crippen LogP contribution in [-0.2, 0) is 13.0 Å². The molecule has 0 saturated carbocycles. The van der Waals surface area contributed by atoms with Crippen molar-refractivity contribution >= 4 is 23.3 Å². The van der Waals surface area contributed by atoms with Crippen molar-refractivity contribution in [1.82, 2.24) is 14.7 Å². The van der Waals surface area contributed by atoms with Crippen LogP contribution in [0, 0.1) is 5.92 Å². The Hall–Kier alpha value is -0.910. The van der Waals surface area contributed by atoms with E-state index in [1.54, 1.807) is 11.8 Å². The standard InChI is InChI=1S/C15H21N3S2/c1-4-14-17-15(20-18-14)19-13-8-6-5-7-12(13)10-16-9-11(2)3/h5-8,11,16H,4,9-10H2,1-3H3. The number of hydrogen-bond donors (Lipinski definition) is 1. The van der Waals surface area contributed by atoms with Gasteiger partial charge in [-0.2, -0.15) is 4.37 Å². The summed E-state index contributed by atoms with van der Waals surface area (Å²) in [7, 11) is 0. The van der Waals surface area contributed by atoms with E-state index in [0.717, 1.165) is 29.7 Å². The second-order valence-corrected chi connectivity index (χ2v) is 7.11. The molecule has 1 N–H and O–H groups in total. The van der Waals surface area contributed by atoms with Crippen molar-refractivity contribution in [2.45, 2.75) is 43.0 Å². The normalized spacial score (nSPS) is 11.2. The molecule has 0 aliphatic carbocycles. The lowest BCUT2D eigenvalue weighted by atomic mass is 10.2. The van der Waals surface area contributed by atoms with Crippen molar-refractivity contribution in [2.75, 3.05) is 6.54 Å². The zero-order chi connectivity index (χ0) is 14.4. The topological polar surface area (TPSA) is 37.8 Å². The van der Waals surface area contributed by atoms with Crippen LogP contribution in [0.1, 0.15) is 32.2 Å². The molecule has 0 unspecified atom stereocenters. The fraction of sp³-hybridized carbons (Fsp3) is 0.467. The molecule has 0 bridgehead atoms. The first-order chi connectivity index (χ1) is 9.69. The van der Waals surface area contributed by atoms with Crippen LogP contribution in [0.3, 0.4) is 0 Å². The number of aromatic nitrogens is 2. The summed E-state index contributed by atoms with van der Waals surface area (Å²) in [6.07, 6.45) is 0.897. The van der Waals surface area contributed by atoms with Crippen LogP contribution < -0.4 is 5.32 Å². The Morgan fingerprint density at radius 2 is 2.10 bits per heavy atom. The molecule has 0 spiro atoms. The van der Waals surface area contributed by atoms with Crippen LogP contribution in [0.5, 0.6) is 0 Å². The molecule has 1 aromatic heterocycles. The highest BCUT2D eigenvalue weighted by molar-refractivity contribution is 8.01. The molecule has 1 heterocycles. The highest BCUT2D eigenvalue weighted by Gasteiger charge is 2.08. The number of nitrogens with zero attached hydrogens (tertiary/aromatic N) is 2. The van der Waals surface area contributed by atoms with E-state index in [1.807, 2.05) is 0 Å². The predicted molar refractivity (Wildman–Crippen MR) is 86.4 cm³/mol. The van der Waals surface area contributed by atoms with Crippen molar-refractivity contribution in [2.24, 2.45) is 5.92 Å². The minimum absolute atomic E-state index is 0.671. The van der Waals surface area contributed by atoms with E-state index in [1.165, 1.54) is 22.0 Å². The largest absolute Gasteiger partial charge is 0.312 e. The van der Waals surface area contributed by atoms with Gasteiger partial charge < -0.3 is 5.32 Å². The van der Waals surface area contributed by atoms with E-state index in [0.29, 0.717) is 5.92 Å². The minimum atomic E-state index is 0.671. The second kappa shape index (κ2) is 7.76. The van der Waals surface area contributed by atoms with Crippen LogP contribution >= 0.6 is 23.3 Å². The maximum Gasteiger partial charge on any atom is 0.174 e. The van der Waals surface area contributed by atoms with Gasteiger partial charge in [0.1, 0.15) is 5.82 Å². The third kappa shape index (κ3) is 4.58. The number of rotatable bonds is 7. The van der Waals surface area contributed by atoms with Crippen LogP contribution in [0.15, 0.2) is 33.5 Å². The Labute approximate surface area is 129 Å². The van der Waals surface area contributed by atoms with E-state index in [-0.39, 0.29) is 0 Å². The summed E-state index contributed by atoms with van der Waals surface area (Å²) in [4.78, 5) is 5.79. The van der Waals surface area contributed by atoms with Gasteiger partial charge in [0.2, 0.25) is 0 Å². The van der Waals surface area contributed by atoms with Gasteiger partial charge in [-0.05, 0) is 35.6 Å². The van der Waals surface area contributed by atoms with Gasteiger partial charge in [0.25, 0.3) is 0 Å². The fourth-order valence-electron chi connectivity index (χ4n) is 1.76. The molecule has 3 nitrogen and oxygen atoms in total. The summed E-state index contributed by atoms with van der Waals surface area (Å²) in [5.74, 6) is 1.61. The molecule has 0 radical (unpaired) electrons. The molecule has 0 aliphatic heterocycles. The van der Waals surface area contributed by atoms with Crippen LogP contribution in [-0.4, -0.2) is 15.9 Å². The Bertz CT molecular complexity index is 537. The summed E-state index contributed by atoms with van der Waals surface area (Å²) >= 11 is 3.20. The molecule has 1 aromatic carbocycles. The molecular formula is C15H21N3S2. The van der Waals surface area contributed by atoms with E-state index in [2.05, 4.69) is 59.7 Å². The first-order valence-corrected chi connectivity index (χ1v) is 8.57. The van der Waals surface area contributed by atoms with Gasteiger partial charge in [-0.15, -0.1) is 0 Å². The molecular weight excluding hydrogens is 286 g/mol. The van der Waals surface area contributed by atoms with Gasteiger partial charge in [-0.3, -0.25) is 0 Å². The Kier molecular flexibility index (Phi) is 6.01. The number of aryl methyl sites for hydroxylation is 1. The monoisotopic (exact) mass is 307 g/mol. The quantitative estimate of drug-likeness (QED) is 0.839. The molecule has 20 heavy (non-hydrogen) atoms. The predicted octanol–water partition coefficient (Wildman–Crippen LogP) is 4.00. The van der Waals surface area contributed by atoms with E-state index in [9.17, 15) is 0 Å². The Balaban J connectivity index is 2.03. The van der Waals surface area contributed by atoms with Crippen LogP contribution in [0.2, 0.25) is 0 Å². The van der Waals surface area contributed by atoms with Gasteiger partial charge in [0.05, 0.1) is 0 Å². The summed E-state index contributed by atoms with van der Waals surface area (Å²) in [5, 5.41) is 3.50. The Morgan fingerprint density at radius 3 is 2.80 bits per heavy atom. The lowest BCUT2D eigenvalue weighted by Gasteiger charge is -2.10. The summed E-state index contributed by atoms with van der Waals surface area (Å²) in [5.41, 5.74) is 1.33. The molecule has 2 aromatic rings. The minimum Gasteiger partial charge on any atom is -0.312 e. The Morgan fingerprint density at radius 1 is 1.30 bits per heavy atom. The summed E-state index contributed by atoms with van der Waals surface area (Å²) in [6, 6.07) is 8.51.